The van der Waals surface area contributed by atoms with E-state index in [0.717, 1.165) is 30.5 Å². The number of hydrogen-bond donors (Lipinski definition) is 2. The Morgan fingerprint density at radius 1 is 1.16 bits per heavy atom. The summed E-state index contributed by atoms with van der Waals surface area (Å²) in [7, 11) is 1.69. The third kappa shape index (κ3) is 3.56. The van der Waals surface area contributed by atoms with Crippen molar-refractivity contribution in [1.82, 2.24) is 15.5 Å². The van der Waals surface area contributed by atoms with Crippen LogP contribution in [-0.4, -0.2) is 41.7 Å². The Morgan fingerprint density at radius 2 is 1.94 bits per heavy atom. The van der Waals surface area contributed by atoms with Crippen LogP contribution in [0.4, 0.5) is 5.69 Å². The summed E-state index contributed by atoms with van der Waals surface area (Å²) in [5.74, 6) is 0.470. The smallest absolute Gasteiger partial charge is 0.272 e. The van der Waals surface area contributed by atoms with Crippen molar-refractivity contribution in [1.29, 1.82) is 0 Å². The lowest BCUT2D eigenvalue weighted by atomic mass is 9.82. The Labute approximate surface area is 180 Å². The van der Waals surface area contributed by atoms with Crippen LogP contribution in [0.5, 0.6) is 5.75 Å². The molecule has 2 aliphatic rings. The van der Waals surface area contributed by atoms with E-state index in [0.29, 0.717) is 23.0 Å². The number of para-hydroxylation sites is 2. The van der Waals surface area contributed by atoms with Gasteiger partial charge in [0, 0.05) is 18.3 Å². The Balaban J connectivity index is 1.31. The molecule has 0 radical (unpaired) electrons. The topological polar surface area (TPSA) is 87.3 Å². The van der Waals surface area contributed by atoms with E-state index in [9.17, 15) is 9.59 Å². The van der Waals surface area contributed by atoms with Gasteiger partial charge in [0.2, 0.25) is 0 Å². The molecule has 7 nitrogen and oxygen atoms in total. The number of amides is 2. The van der Waals surface area contributed by atoms with Gasteiger partial charge in [0.05, 0.1) is 5.69 Å². The SMILES string of the molecule is CN1C(=O)[C@@H](NC(=O)c2n[nH]c3c2CCC(c2ccccc2)C3)COc2ccccc21. The summed E-state index contributed by atoms with van der Waals surface area (Å²) >= 11 is 0. The largest absolute Gasteiger partial charge is 0.489 e. The lowest BCUT2D eigenvalue weighted by Gasteiger charge is -2.23. The molecule has 2 heterocycles. The van der Waals surface area contributed by atoms with E-state index in [1.807, 2.05) is 30.3 Å². The minimum atomic E-state index is -0.780. The molecule has 1 aliphatic heterocycles. The molecule has 0 saturated heterocycles. The third-order valence-electron chi connectivity index (χ3n) is 6.20. The molecular weight excluding hydrogens is 392 g/mol. The molecule has 3 aromatic rings. The summed E-state index contributed by atoms with van der Waals surface area (Å²) in [5.41, 5.74) is 4.31. The normalized spacial score (nSPS) is 20.3. The van der Waals surface area contributed by atoms with Gasteiger partial charge in [-0.05, 0) is 42.9 Å². The predicted octanol–water partition coefficient (Wildman–Crippen LogP) is 2.84. The first-order chi connectivity index (χ1) is 15.1. The quantitative estimate of drug-likeness (QED) is 0.687. The van der Waals surface area contributed by atoms with E-state index < -0.39 is 6.04 Å². The third-order valence-corrected chi connectivity index (χ3v) is 6.20. The predicted molar refractivity (Wildman–Crippen MR) is 116 cm³/mol. The maximum absolute atomic E-state index is 13.0. The molecular formula is C24H24N4O3. The van der Waals surface area contributed by atoms with Crippen LogP contribution < -0.4 is 15.0 Å². The lowest BCUT2D eigenvalue weighted by molar-refractivity contribution is -0.120. The zero-order chi connectivity index (χ0) is 21.4. The second kappa shape index (κ2) is 7.91. The number of fused-ring (bicyclic) bond motifs is 2. The Morgan fingerprint density at radius 3 is 2.77 bits per heavy atom. The van der Waals surface area contributed by atoms with Crippen molar-refractivity contribution in [2.75, 3.05) is 18.6 Å². The van der Waals surface area contributed by atoms with Crippen molar-refractivity contribution in [2.45, 2.75) is 31.2 Å². The Kier molecular flexibility index (Phi) is 4.94. The number of benzene rings is 2. The Bertz CT molecular complexity index is 1120. The van der Waals surface area contributed by atoms with E-state index in [4.69, 9.17) is 4.74 Å². The molecule has 2 aromatic carbocycles. The van der Waals surface area contributed by atoms with Gasteiger partial charge in [0.1, 0.15) is 18.4 Å². The van der Waals surface area contributed by atoms with Crippen LogP contribution in [0.25, 0.3) is 0 Å². The zero-order valence-corrected chi connectivity index (χ0v) is 17.3. The highest BCUT2D eigenvalue weighted by molar-refractivity contribution is 6.03. The molecule has 5 rings (SSSR count). The van der Waals surface area contributed by atoms with Crippen LogP contribution in [0.15, 0.2) is 54.6 Å². The summed E-state index contributed by atoms with van der Waals surface area (Å²) in [5, 5.41) is 10.2. The van der Waals surface area contributed by atoms with Gasteiger partial charge in [-0.15, -0.1) is 0 Å². The molecule has 1 aromatic heterocycles. The van der Waals surface area contributed by atoms with E-state index in [2.05, 4.69) is 39.8 Å². The maximum Gasteiger partial charge on any atom is 0.272 e. The standard InChI is InChI=1S/C24H24N4O3/c1-28-20-9-5-6-10-21(20)31-14-19(24(28)30)25-23(29)22-17-12-11-16(13-18(17)26-27-22)15-7-3-2-4-8-15/h2-10,16,19H,11-14H2,1H3,(H,25,29)(H,26,27)/t16?,19-/m0/s1. The zero-order valence-electron chi connectivity index (χ0n) is 17.3. The molecule has 31 heavy (non-hydrogen) atoms. The number of aromatic amines is 1. The first-order valence-corrected chi connectivity index (χ1v) is 10.5. The van der Waals surface area contributed by atoms with Crippen molar-refractivity contribution in [3.8, 4) is 5.75 Å². The molecule has 0 spiro atoms. The number of H-pyrrole nitrogens is 1. The molecule has 1 unspecified atom stereocenters. The number of anilines is 1. The van der Waals surface area contributed by atoms with Crippen molar-refractivity contribution in [3.63, 3.8) is 0 Å². The van der Waals surface area contributed by atoms with Gasteiger partial charge < -0.3 is 15.0 Å². The van der Waals surface area contributed by atoms with Gasteiger partial charge in [-0.3, -0.25) is 14.7 Å². The molecule has 7 heteroatoms. The van der Waals surface area contributed by atoms with E-state index in [1.165, 1.54) is 10.5 Å². The van der Waals surface area contributed by atoms with Crippen LogP contribution in [0.2, 0.25) is 0 Å². The fourth-order valence-corrected chi connectivity index (χ4v) is 4.49. The van der Waals surface area contributed by atoms with E-state index in [1.54, 1.807) is 7.05 Å². The summed E-state index contributed by atoms with van der Waals surface area (Å²) in [6.07, 6.45) is 2.55. The molecule has 1 aliphatic carbocycles. The highest BCUT2D eigenvalue weighted by atomic mass is 16.5. The minimum Gasteiger partial charge on any atom is -0.489 e. The van der Waals surface area contributed by atoms with Gasteiger partial charge in [-0.25, -0.2) is 0 Å². The van der Waals surface area contributed by atoms with Gasteiger partial charge in [0.15, 0.2) is 5.69 Å². The number of likely N-dealkylation sites (N-methyl/N-ethyl adjacent to an activating group) is 1. The van der Waals surface area contributed by atoms with Crippen molar-refractivity contribution in [2.24, 2.45) is 0 Å². The van der Waals surface area contributed by atoms with E-state index in [-0.39, 0.29) is 18.4 Å². The van der Waals surface area contributed by atoms with Crippen LogP contribution >= 0.6 is 0 Å². The van der Waals surface area contributed by atoms with Crippen LogP contribution in [-0.2, 0) is 17.6 Å². The molecule has 0 saturated carbocycles. The first kappa shape index (κ1) is 19.4. The number of nitrogens with one attached hydrogen (secondary N) is 2. The fourth-order valence-electron chi connectivity index (χ4n) is 4.49. The number of carbonyl (C=O) groups excluding carboxylic acids is 2. The van der Waals surface area contributed by atoms with Crippen LogP contribution in [0.3, 0.4) is 0 Å². The van der Waals surface area contributed by atoms with Crippen molar-refractivity contribution < 1.29 is 14.3 Å². The second-order valence-corrected chi connectivity index (χ2v) is 8.08. The molecule has 0 fully saturated rings. The number of hydrogen-bond acceptors (Lipinski definition) is 4. The molecule has 2 amide bonds. The fraction of sp³-hybridized carbons (Fsp3) is 0.292. The first-order valence-electron chi connectivity index (χ1n) is 10.5. The second-order valence-electron chi connectivity index (χ2n) is 8.08. The minimum absolute atomic E-state index is 0.0780. The summed E-state index contributed by atoms with van der Waals surface area (Å²) in [6.45, 7) is 0.0780. The monoisotopic (exact) mass is 416 g/mol. The highest BCUT2D eigenvalue weighted by Crippen LogP contribution is 2.33. The maximum atomic E-state index is 13.0. The highest BCUT2D eigenvalue weighted by Gasteiger charge is 2.33. The molecule has 2 N–H and O–H groups in total. The van der Waals surface area contributed by atoms with Crippen LogP contribution in [0, 0.1) is 0 Å². The van der Waals surface area contributed by atoms with Crippen molar-refractivity contribution >= 4 is 17.5 Å². The summed E-state index contributed by atoms with van der Waals surface area (Å²) in [6, 6.07) is 17.0. The number of nitrogens with zero attached hydrogens (tertiary/aromatic N) is 2. The van der Waals surface area contributed by atoms with Gasteiger partial charge in [-0.2, -0.15) is 5.10 Å². The number of ether oxygens (including phenoxy) is 1. The summed E-state index contributed by atoms with van der Waals surface area (Å²) in [4.78, 5) is 27.4. The number of rotatable bonds is 3. The average Bonchev–Trinajstić information content (AvgIpc) is 3.20. The van der Waals surface area contributed by atoms with Gasteiger partial charge in [0.25, 0.3) is 11.8 Å². The van der Waals surface area contributed by atoms with E-state index >= 15 is 0 Å². The molecule has 158 valence electrons. The lowest BCUT2D eigenvalue weighted by Crippen LogP contribution is -2.49. The average molecular weight is 416 g/mol. The van der Waals surface area contributed by atoms with Gasteiger partial charge in [-0.1, -0.05) is 42.5 Å². The summed E-state index contributed by atoms with van der Waals surface area (Å²) < 4.78 is 5.79. The van der Waals surface area contributed by atoms with Crippen LogP contribution in [0.1, 0.15) is 39.6 Å². The molecule has 0 bridgehead atoms. The Hall–Kier alpha value is -3.61. The molecule has 2 atom stereocenters. The van der Waals surface area contributed by atoms with Crippen molar-refractivity contribution in [3.05, 3.63) is 77.1 Å². The number of carbonyl (C=O) groups is 2. The van der Waals surface area contributed by atoms with Gasteiger partial charge >= 0.3 is 0 Å². The number of aromatic nitrogens is 2.